The van der Waals surface area contributed by atoms with Gasteiger partial charge in [0.2, 0.25) is 0 Å². The van der Waals surface area contributed by atoms with Gasteiger partial charge in [-0.3, -0.25) is 4.79 Å². The fourth-order valence-electron chi connectivity index (χ4n) is 2.44. The topological polar surface area (TPSA) is 47.6 Å². The molecule has 1 fully saturated rings. The van der Waals surface area contributed by atoms with Crippen LogP contribution in [0.5, 0.6) is 0 Å². The van der Waals surface area contributed by atoms with Crippen LogP contribution in [0.2, 0.25) is 5.02 Å². The predicted molar refractivity (Wildman–Crippen MR) is 88.4 cm³/mol. The quantitative estimate of drug-likeness (QED) is 0.935. The normalized spacial score (nSPS) is 21.4. The zero-order chi connectivity index (χ0) is 16.1. The van der Waals surface area contributed by atoms with Gasteiger partial charge in [-0.15, -0.1) is 0 Å². The monoisotopic (exact) mass is 331 g/mol. The molecule has 3 rings (SSSR count). The van der Waals surface area contributed by atoms with Crippen LogP contribution in [0.15, 0.2) is 54.6 Å². The van der Waals surface area contributed by atoms with Gasteiger partial charge in [-0.05, 0) is 30.7 Å². The molecule has 2 aromatic rings. The first-order valence-corrected chi connectivity index (χ1v) is 7.95. The molecule has 1 amide bonds. The van der Waals surface area contributed by atoms with Gasteiger partial charge in [0.25, 0.3) is 5.91 Å². The molecule has 0 unspecified atom stereocenters. The SMILES string of the molecule is O=C(N[C@H]1CCO[C@@H](c2ccc(Cl)cc2)OC1)c1ccccc1. The van der Waals surface area contributed by atoms with Crippen LogP contribution in [0.4, 0.5) is 0 Å². The van der Waals surface area contributed by atoms with Crippen molar-refractivity contribution in [3.05, 3.63) is 70.7 Å². The molecule has 0 bridgehead atoms. The van der Waals surface area contributed by atoms with Crippen LogP contribution in [-0.4, -0.2) is 25.2 Å². The largest absolute Gasteiger partial charge is 0.348 e. The minimum atomic E-state index is -0.425. The molecule has 0 aromatic heterocycles. The van der Waals surface area contributed by atoms with E-state index in [1.807, 2.05) is 42.5 Å². The molecule has 1 N–H and O–H groups in total. The number of nitrogens with one attached hydrogen (secondary N) is 1. The van der Waals surface area contributed by atoms with E-state index < -0.39 is 6.29 Å². The van der Waals surface area contributed by atoms with Crippen LogP contribution in [0, 0.1) is 0 Å². The Balaban J connectivity index is 1.58. The summed E-state index contributed by atoms with van der Waals surface area (Å²) in [6, 6.07) is 16.5. The van der Waals surface area contributed by atoms with Gasteiger partial charge in [0.05, 0.1) is 19.3 Å². The second kappa shape index (κ2) is 7.59. The highest BCUT2D eigenvalue weighted by molar-refractivity contribution is 6.30. The van der Waals surface area contributed by atoms with Crippen molar-refractivity contribution in [3.63, 3.8) is 0 Å². The highest BCUT2D eigenvalue weighted by Gasteiger charge is 2.22. The minimum Gasteiger partial charge on any atom is -0.348 e. The maximum absolute atomic E-state index is 12.2. The highest BCUT2D eigenvalue weighted by atomic mass is 35.5. The molecule has 120 valence electrons. The summed E-state index contributed by atoms with van der Waals surface area (Å²) in [7, 11) is 0. The number of rotatable bonds is 3. The molecule has 5 heteroatoms. The minimum absolute atomic E-state index is 0.0694. The second-order valence-electron chi connectivity index (χ2n) is 5.41. The summed E-state index contributed by atoms with van der Waals surface area (Å²) >= 11 is 5.89. The summed E-state index contributed by atoms with van der Waals surface area (Å²) in [6.07, 6.45) is 0.286. The lowest BCUT2D eigenvalue weighted by Gasteiger charge is -2.17. The summed E-state index contributed by atoms with van der Waals surface area (Å²) in [4.78, 5) is 12.2. The van der Waals surface area contributed by atoms with E-state index in [0.717, 1.165) is 5.56 Å². The molecule has 0 spiro atoms. The molecule has 23 heavy (non-hydrogen) atoms. The van der Waals surface area contributed by atoms with E-state index in [1.165, 1.54) is 0 Å². The van der Waals surface area contributed by atoms with Gasteiger partial charge in [0.1, 0.15) is 0 Å². The molecular formula is C18H18ClNO3. The smallest absolute Gasteiger partial charge is 0.251 e. The predicted octanol–water partition coefficient (Wildman–Crippen LogP) is 3.57. The Hall–Kier alpha value is -1.88. The molecule has 1 saturated heterocycles. The van der Waals surface area contributed by atoms with Crippen LogP contribution in [0.1, 0.15) is 28.6 Å². The van der Waals surface area contributed by atoms with Crippen LogP contribution >= 0.6 is 11.6 Å². The van der Waals surface area contributed by atoms with Crippen molar-refractivity contribution in [2.24, 2.45) is 0 Å². The van der Waals surface area contributed by atoms with Gasteiger partial charge < -0.3 is 14.8 Å². The van der Waals surface area contributed by atoms with E-state index in [9.17, 15) is 4.79 Å². The first-order chi connectivity index (χ1) is 11.2. The Labute approximate surface area is 140 Å². The lowest BCUT2D eigenvalue weighted by Crippen LogP contribution is -2.38. The molecular weight excluding hydrogens is 314 g/mol. The van der Waals surface area contributed by atoms with Gasteiger partial charge in [-0.1, -0.05) is 41.9 Å². The Bertz CT molecular complexity index is 645. The number of benzene rings is 2. The fraction of sp³-hybridized carbons (Fsp3) is 0.278. The fourth-order valence-corrected chi connectivity index (χ4v) is 2.56. The number of ether oxygens (including phenoxy) is 2. The molecule has 1 heterocycles. The van der Waals surface area contributed by atoms with E-state index in [1.54, 1.807) is 12.1 Å². The second-order valence-corrected chi connectivity index (χ2v) is 5.85. The maximum atomic E-state index is 12.2. The molecule has 2 atom stereocenters. The Morgan fingerprint density at radius 2 is 1.78 bits per heavy atom. The van der Waals surface area contributed by atoms with Crippen molar-refractivity contribution in [1.82, 2.24) is 5.32 Å². The molecule has 1 aliphatic heterocycles. The molecule has 4 nitrogen and oxygen atoms in total. The lowest BCUT2D eigenvalue weighted by atomic mass is 10.1. The highest BCUT2D eigenvalue weighted by Crippen LogP contribution is 2.24. The number of hydrogen-bond donors (Lipinski definition) is 1. The van der Waals surface area contributed by atoms with Crippen LogP contribution in [0.25, 0.3) is 0 Å². The summed E-state index contributed by atoms with van der Waals surface area (Å²) in [5, 5.41) is 3.67. The Morgan fingerprint density at radius 3 is 2.52 bits per heavy atom. The van der Waals surface area contributed by atoms with Crippen molar-refractivity contribution in [2.75, 3.05) is 13.2 Å². The Morgan fingerprint density at radius 1 is 1.04 bits per heavy atom. The zero-order valence-electron chi connectivity index (χ0n) is 12.6. The number of carbonyl (C=O) groups excluding carboxylic acids is 1. The maximum Gasteiger partial charge on any atom is 0.251 e. The van der Waals surface area contributed by atoms with Crippen molar-refractivity contribution in [1.29, 1.82) is 0 Å². The molecule has 2 aromatic carbocycles. The van der Waals surface area contributed by atoms with Gasteiger partial charge in [-0.25, -0.2) is 0 Å². The van der Waals surface area contributed by atoms with Crippen LogP contribution < -0.4 is 5.32 Å². The zero-order valence-corrected chi connectivity index (χ0v) is 13.3. The summed E-state index contributed by atoms with van der Waals surface area (Å²) in [5.74, 6) is -0.0934. The van der Waals surface area contributed by atoms with E-state index in [2.05, 4.69) is 5.32 Å². The average Bonchev–Trinajstić information content (AvgIpc) is 2.82. The van der Waals surface area contributed by atoms with Crippen molar-refractivity contribution < 1.29 is 14.3 Å². The van der Waals surface area contributed by atoms with Crippen LogP contribution in [0.3, 0.4) is 0 Å². The van der Waals surface area contributed by atoms with Gasteiger partial charge in [0, 0.05) is 16.1 Å². The van der Waals surface area contributed by atoms with Gasteiger partial charge in [0.15, 0.2) is 6.29 Å². The number of carbonyl (C=O) groups is 1. The first kappa shape index (κ1) is 16.0. The van der Waals surface area contributed by atoms with E-state index >= 15 is 0 Å². The first-order valence-electron chi connectivity index (χ1n) is 7.57. The number of halogens is 1. The molecule has 1 aliphatic rings. The summed E-state index contributed by atoms with van der Waals surface area (Å²) < 4.78 is 11.5. The van der Waals surface area contributed by atoms with Crippen LogP contribution in [-0.2, 0) is 9.47 Å². The molecule has 0 saturated carbocycles. The third-order valence-electron chi connectivity index (χ3n) is 3.70. The van der Waals surface area contributed by atoms with E-state index in [-0.39, 0.29) is 11.9 Å². The third kappa shape index (κ3) is 4.32. The molecule has 0 radical (unpaired) electrons. The number of amides is 1. The van der Waals surface area contributed by atoms with Crippen molar-refractivity contribution in [2.45, 2.75) is 18.8 Å². The van der Waals surface area contributed by atoms with E-state index in [4.69, 9.17) is 21.1 Å². The van der Waals surface area contributed by atoms with Gasteiger partial charge >= 0.3 is 0 Å². The summed E-state index contributed by atoms with van der Waals surface area (Å²) in [5.41, 5.74) is 1.57. The standard InChI is InChI=1S/C18H18ClNO3/c19-15-8-6-14(7-9-15)18-22-11-10-16(12-23-18)20-17(21)13-4-2-1-3-5-13/h1-9,16,18H,10-12H2,(H,20,21)/t16-,18+/m0/s1. The average molecular weight is 332 g/mol. The lowest BCUT2D eigenvalue weighted by molar-refractivity contribution is -0.131. The van der Waals surface area contributed by atoms with Crippen molar-refractivity contribution in [3.8, 4) is 0 Å². The Kier molecular flexibility index (Phi) is 5.28. The van der Waals surface area contributed by atoms with Gasteiger partial charge in [-0.2, -0.15) is 0 Å². The van der Waals surface area contributed by atoms with Crippen molar-refractivity contribution >= 4 is 17.5 Å². The third-order valence-corrected chi connectivity index (χ3v) is 3.95. The molecule has 0 aliphatic carbocycles. The number of hydrogen-bond acceptors (Lipinski definition) is 3. The summed E-state index contributed by atoms with van der Waals surface area (Å²) in [6.45, 7) is 0.929. The van der Waals surface area contributed by atoms with E-state index in [0.29, 0.717) is 30.2 Å².